The number of anilines is 2. The smallest absolute Gasteiger partial charge is 0.342 e. The summed E-state index contributed by atoms with van der Waals surface area (Å²) in [4.78, 5) is 23.6. The van der Waals surface area contributed by atoms with Gasteiger partial charge in [0.2, 0.25) is 0 Å². The number of aromatic carboxylic acids is 1. The van der Waals surface area contributed by atoms with Crippen LogP contribution in [0.15, 0.2) is 48.5 Å². The molecule has 0 fully saturated rings. The molecule has 0 spiro atoms. The monoisotopic (exact) mass is 286 g/mol. The van der Waals surface area contributed by atoms with Gasteiger partial charge in [-0.3, -0.25) is 10.1 Å². The van der Waals surface area contributed by atoms with Crippen molar-refractivity contribution < 1.29 is 14.8 Å². The van der Waals surface area contributed by atoms with Crippen molar-refractivity contribution in [2.45, 2.75) is 6.92 Å². The minimum atomic E-state index is -1.31. The van der Waals surface area contributed by atoms with E-state index in [1.54, 1.807) is 11.0 Å². The fourth-order valence-corrected chi connectivity index (χ4v) is 2.21. The zero-order valence-corrected chi connectivity index (χ0v) is 11.4. The number of carboxylic acid groups (broad SMARTS) is 1. The van der Waals surface area contributed by atoms with Gasteiger partial charge >= 0.3 is 11.7 Å². The highest BCUT2D eigenvalue weighted by Crippen LogP contribution is 2.35. The van der Waals surface area contributed by atoms with Crippen molar-refractivity contribution in [1.29, 1.82) is 0 Å². The predicted molar refractivity (Wildman–Crippen MR) is 79.2 cm³/mol. The summed E-state index contributed by atoms with van der Waals surface area (Å²) >= 11 is 0. The van der Waals surface area contributed by atoms with Crippen LogP contribution >= 0.6 is 0 Å². The lowest BCUT2D eigenvalue weighted by Crippen LogP contribution is -2.18. The van der Waals surface area contributed by atoms with E-state index in [4.69, 9.17) is 5.11 Å². The Hall–Kier alpha value is -2.89. The van der Waals surface area contributed by atoms with Gasteiger partial charge in [-0.2, -0.15) is 0 Å². The van der Waals surface area contributed by atoms with Crippen molar-refractivity contribution in [2.24, 2.45) is 0 Å². The number of nitro benzene ring substituents is 1. The highest BCUT2D eigenvalue weighted by Gasteiger charge is 2.27. The Morgan fingerprint density at radius 2 is 1.86 bits per heavy atom. The van der Waals surface area contributed by atoms with Gasteiger partial charge in [-0.25, -0.2) is 4.79 Å². The van der Waals surface area contributed by atoms with Crippen LogP contribution in [-0.4, -0.2) is 22.5 Å². The average Bonchev–Trinajstić information content (AvgIpc) is 2.48. The Kier molecular flexibility index (Phi) is 4.18. The lowest BCUT2D eigenvalue weighted by Gasteiger charge is -2.23. The van der Waals surface area contributed by atoms with Crippen LogP contribution in [0.3, 0.4) is 0 Å². The molecule has 0 heterocycles. The van der Waals surface area contributed by atoms with Crippen LogP contribution in [0.4, 0.5) is 17.1 Å². The second-order valence-corrected chi connectivity index (χ2v) is 4.32. The molecular weight excluding hydrogens is 272 g/mol. The topological polar surface area (TPSA) is 83.7 Å². The number of para-hydroxylation sites is 2. The molecule has 0 bridgehead atoms. The second-order valence-electron chi connectivity index (χ2n) is 4.32. The van der Waals surface area contributed by atoms with Gasteiger partial charge in [-0.15, -0.1) is 0 Å². The summed E-state index contributed by atoms with van der Waals surface area (Å²) in [6.45, 7) is 2.33. The summed E-state index contributed by atoms with van der Waals surface area (Å²) in [6, 6.07) is 13.4. The first-order valence-corrected chi connectivity index (χ1v) is 6.39. The number of carbonyl (C=O) groups is 1. The lowest BCUT2D eigenvalue weighted by atomic mass is 10.1. The first-order chi connectivity index (χ1) is 10.1. The molecule has 0 amide bonds. The molecule has 0 saturated heterocycles. The molecule has 6 nitrogen and oxygen atoms in total. The van der Waals surface area contributed by atoms with E-state index in [1.807, 2.05) is 37.3 Å². The second kappa shape index (κ2) is 6.04. The minimum absolute atomic E-state index is 0.272. The number of benzene rings is 2. The van der Waals surface area contributed by atoms with Crippen molar-refractivity contribution in [3.8, 4) is 0 Å². The van der Waals surface area contributed by atoms with Crippen LogP contribution in [0, 0.1) is 10.1 Å². The third-order valence-electron chi connectivity index (χ3n) is 3.10. The molecule has 1 N–H and O–H groups in total. The molecule has 2 aromatic carbocycles. The fourth-order valence-electron chi connectivity index (χ4n) is 2.21. The molecule has 0 atom stereocenters. The summed E-state index contributed by atoms with van der Waals surface area (Å²) in [7, 11) is 0. The summed E-state index contributed by atoms with van der Waals surface area (Å²) in [6.07, 6.45) is 0. The molecule has 0 unspecified atom stereocenters. The molecule has 2 aromatic rings. The largest absolute Gasteiger partial charge is 0.477 e. The van der Waals surface area contributed by atoms with Crippen LogP contribution in [0.5, 0.6) is 0 Å². The quantitative estimate of drug-likeness (QED) is 0.672. The highest BCUT2D eigenvalue weighted by atomic mass is 16.6. The maximum Gasteiger partial charge on any atom is 0.342 e. The third kappa shape index (κ3) is 2.84. The molecule has 0 aliphatic rings. The van der Waals surface area contributed by atoms with Gasteiger partial charge in [0, 0.05) is 12.2 Å². The van der Waals surface area contributed by atoms with Gasteiger partial charge in [-0.1, -0.05) is 24.3 Å². The third-order valence-corrected chi connectivity index (χ3v) is 3.10. The Bertz CT molecular complexity index is 671. The summed E-state index contributed by atoms with van der Waals surface area (Å²) in [5, 5.41) is 20.5. The van der Waals surface area contributed by atoms with Gasteiger partial charge in [0.1, 0.15) is 11.3 Å². The summed E-state index contributed by atoms with van der Waals surface area (Å²) in [5.74, 6) is -1.31. The van der Waals surface area contributed by atoms with E-state index in [0.29, 0.717) is 6.54 Å². The lowest BCUT2D eigenvalue weighted by molar-refractivity contribution is -0.384. The van der Waals surface area contributed by atoms with E-state index in [9.17, 15) is 14.9 Å². The normalized spacial score (nSPS) is 10.1. The number of nitrogens with zero attached hydrogens (tertiary/aromatic N) is 2. The Morgan fingerprint density at radius 3 is 2.38 bits per heavy atom. The Balaban J connectivity index is 2.64. The molecule has 0 aliphatic carbocycles. The molecule has 0 aromatic heterocycles. The zero-order valence-electron chi connectivity index (χ0n) is 11.4. The number of rotatable bonds is 5. The Labute approximate surface area is 121 Å². The summed E-state index contributed by atoms with van der Waals surface area (Å²) in [5.41, 5.74) is 0.335. The molecule has 6 heteroatoms. The number of hydrogen-bond donors (Lipinski definition) is 1. The maximum absolute atomic E-state index is 11.3. The molecule has 0 radical (unpaired) electrons. The van der Waals surface area contributed by atoms with Crippen molar-refractivity contribution in [2.75, 3.05) is 11.4 Å². The van der Waals surface area contributed by atoms with Crippen molar-refractivity contribution in [1.82, 2.24) is 0 Å². The summed E-state index contributed by atoms with van der Waals surface area (Å²) < 4.78 is 0. The first-order valence-electron chi connectivity index (χ1n) is 6.39. The molecule has 0 saturated carbocycles. The first kappa shape index (κ1) is 14.5. The number of hydrogen-bond acceptors (Lipinski definition) is 4. The number of nitro groups is 1. The zero-order chi connectivity index (χ0) is 15.4. The molecule has 21 heavy (non-hydrogen) atoms. The van der Waals surface area contributed by atoms with E-state index < -0.39 is 16.6 Å². The van der Waals surface area contributed by atoms with Crippen LogP contribution < -0.4 is 4.90 Å². The van der Waals surface area contributed by atoms with Crippen LogP contribution in [0.25, 0.3) is 0 Å². The number of carboxylic acids is 1. The molecule has 2 rings (SSSR count). The van der Waals surface area contributed by atoms with E-state index in [0.717, 1.165) is 5.69 Å². The van der Waals surface area contributed by atoms with Crippen LogP contribution in [0.1, 0.15) is 17.3 Å². The van der Waals surface area contributed by atoms with E-state index >= 15 is 0 Å². The van der Waals surface area contributed by atoms with Gasteiger partial charge in [0.25, 0.3) is 0 Å². The Morgan fingerprint density at radius 1 is 1.19 bits per heavy atom. The van der Waals surface area contributed by atoms with E-state index in [2.05, 4.69) is 0 Å². The fraction of sp³-hybridized carbons (Fsp3) is 0.133. The minimum Gasteiger partial charge on any atom is -0.477 e. The van der Waals surface area contributed by atoms with Gasteiger partial charge in [0.15, 0.2) is 0 Å². The van der Waals surface area contributed by atoms with E-state index in [1.165, 1.54) is 12.1 Å². The molecule has 108 valence electrons. The SMILES string of the molecule is CCN(c1ccccc1)c1cccc(C(=O)O)c1[N+](=O)[O-]. The van der Waals surface area contributed by atoms with Crippen LogP contribution in [-0.2, 0) is 0 Å². The average molecular weight is 286 g/mol. The van der Waals surface area contributed by atoms with Gasteiger partial charge < -0.3 is 10.0 Å². The van der Waals surface area contributed by atoms with Gasteiger partial charge in [0.05, 0.1) is 4.92 Å². The molecular formula is C15H14N2O4. The van der Waals surface area contributed by atoms with Crippen molar-refractivity contribution in [3.05, 3.63) is 64.2 Å². The van der Waals surface area contributed by atoms with Crippen molar-refractivity contribution >= 4 is 23.0 Å². The van der Waals surface area contributed by atoms with Crippen molar-refractivity contribution in [3.63, 3.8) is 0 Å². The molecule has 0 aliphatic heterocycles. The predicted octanol–water partition coefficient (Wildman–Crippen LogP) is 3.45. The highest BCUT2D eigenvalue weighted by molar-refractivity contribution is 5.96. The maximum atomic E-state index is 11.3. The van der Waals surface area contributed by atoms with Crippen LogP contribution in [0.2, 0.25) is 0 Å². The van der Waals surface area contributed by atoms with Gasteiger partial charge in [-0.05, 0) is 31.2 Å². The standard InChI is InChI=1S/C15H14N2O4/c1-2-16(11-7-4-3-5-8-11)13-10-6-9-12(15(18)19)14(13)17(20)21/h3-10H,2H2,1H3,(H,18,19). The van der Waals surface area contributed by atoms with E-state index in [-0.39, 0.29) is 11.3 Å².